The number of aromatic nitrogens is 2. The molecule has 178 valence electrons. The van der Waals surface area contributed by atoms with Crippen LogP contribution < -0.4 is 4.90 Å². The first-order valence-electron chi connectivity index (χ1n) is 11.9. The fraction of sp³-hybridized carbons (Fsp3) is 0.480. The topological polar surface area (TPSA) is 58.4 Å². The van der Waals surface area contributed by atoms with E-state index < -0.39 is 10.0 Å². The molecule has 0 radical (unpaired) electrons. The fourth-order valence-electron chi connectivity index (χ4n) is 4.59. The molecule has 2 heterocycles. The highest BCUT2D eigenvalue weighted by molar-refractivity contribution is 7.89. The summed E-state index contributed by atoms with van der Waals surface area (Å²) in [6.07, 6.45) is 4.84. The van der Waals surface area contributed by atoms with Crippen molar-refractivity contribution in [1.29, 1.82) is 0 Å². The number of rotatable bonds is 9. The van der Waals surface area contributed by atoms with Crippen LogP contribution in [0.5, 0.6) is 0 Å². The van der Waals surface area contributed by atoms with Gasteiger partial charge in [0.1, 0.15) is 5.82 Å². The van der Waals surface area contributed by atoms with E-state index >= 15 is 0 Å². The maximum atomic E-state index is 13.8. The molecule has 1 aliphatic rings. The highest BCUT2D eigenvalue weighted by atomic mass is 32.2. The number of sulfonamides is 1. The normalized spacial score (nSPS) is 15.0. The van der Waals surface area contributed by atoms with Crippen molar-refractivity contribution in [2.75, 3.05) is 31.1 Å². The van der Waals surface area contributed by atoms with Crippen LogP contribution in [-0.4, -0.2) is 48.7 Å². The van der Waals surface area contributed by atoms with Crippen molar-refractivity contribution in [3.63, 3.8) is 0 Å². The first-order chi connectivity index (χ1) is 16.0. The zero-order valence-electron chi connectivity index (χ0n) is 19.5. The van der Waals surface area contributed by atoms with Gasteiger partial charge in [-0.25, -0.2) is 12.8 Å². The van der Waals surface area contributed by atoms with Gasteiger partial charge in [-0.2, -0.15) is 9.40 Å². The third-order valence-electron chi connectivity index (χ3n) is 6.19. The van der Waals surface area contributed by atoms with Gasteiger partial charge in [0.15, 0.2) is 5.82 Å². The maximum absolute atomic E-state index is 13.8. The SMILES string of the molecule is CCCN(CCC)S(=O)(=O)c1cccc2c1c(N1CCCCC1)nn2Cc1ccc(F)cc1. The summed E-state index contributed by atoms with van der Waals surface area (Å²) >= 11 is 0. The monoisotopic (exact) mass is 472 g/mol. The second-order valence-corrected chi connectivity index (χ2v) is 10.6. The second kappa shape index (κ2) is 10.2. The lowest BCUT2D eigenvalue weighted by atomic mass is 10.1. The van der Waals surface area contributed by atoms with Crippen molar-refractivity contribution in [2.45, 2.75) is 57.4 Å². The smallest absolute Gasteiger partial charge is 0.243 e. The predicted octanol–water partition coefficient (Wildman–Crippen LogP) is 5.02. The van der Waals surface area contributed by atoms with Gasteiger partial charge in [-0.1, -0.05) is 32.0 Å². The van der Waals surface area contributed by atoms with Crippen molar-refractivity contribution >= 4 is 26.7 Å². The molecule has 0 saturated carbocycles. The second-order valence-electron chi connectivity index (χ2n) is 8.71. The molecule has 0 bridgehead atoms. The Morgan fingerprint density at radius 1 is 0.970 bits per heavy atom. The van der Waals surface area contributed by atoms with E-state index in [4.69, 9.17) is 5.10 Å². The molecular formula is C25H33FN4O2S. The summed E-state index contributed by atoms with van der Waals surface area (Å²) < 4.78 is 44.5. The van der Waals surface area contributed by atoms with Crippen LogP contribution in [0.1, 0.15) is 51.5 Å². The fourth-order valence-corrected chi connectivity index (χ4v) is 6.42. The lowest BCUT2D eigenvalue weighted by Gasteiger charge is -2.27. The molecule has 0 N–H and O–H groups in total. The van der Waals surface area contributed by atoms with Crippen LogP contribution in [0.25, 0.3) is 10.9 Å². The highest BCUT2D eigenvalue weighted by Crippen LogP contribution is 2.35. The molecule has 8 heteroatoms. The number of halogens is 1. The van der Waals surface area contributed by atoms with Gasteiger partial charge in [0, 0.05) is 26.2 Å². The van der Waals surface area contributed by atoms with Crippen LogP contribution in [0.4, 0.5) is 10.2 Å². The lowest BCUT2D eigenvalue weighted by molar-refractivity contribution is 0.410. The standard InChI is InChI=1S/C25H33FN4O2S/c1-3-15-29(16-4-2)33(31,32)23-10-8-9-22-24(23)25(28-17-6-5-7-18-28)27-30(22)19-20-11-13-21(26)14-12-20/h8-14H,3-7,15-19H2,1-2H3. The molecule has 1 saturated heterocycles. The quantitative estimate of drug-likeness (QED) is 0.439. The van der Waals surface area contributed by atoms with E-state index in [-0.39, 0.29) is 5.82 Å². The van der Waals surface area contributed by atoms with E-state index in [0.717, 1.165) is 55.7 Å². The summed E-state index contributed by atoms with van der Waals surface area (Å²) in [7, 11) is -3.67. The van der Waals surface area contributed by atoms with Crippen molar-refractivity contribution in [2.24, 2.45) is 0 Å². The summed E-state index contributed by atoms with van der Waals surface area (Å²) in [5.74, 6) is 0.456. The Hall–Kier alpha value is -2.45. The average Bonchev–Trinajstić information content (AvgIpc) is 3.19. The van der Waals surface area contributed by atoms with E-state index in [9.17, 15) is 12.8 Å². The lowest BCUT2D eigenvalue weighted by Crippen LogP contribution is -2.33. The van der Waals surface area contributed by atoms with Crippen LogP contribution in [0.15, 0.2) is 47.4 Å². The van der Waals surface area contributed by atoms with Gasteiger partial charge in [0.25, 0.3) is 0 Å². The summed E-state index contributed by atoms with van der Waals surface area (Å²) in [4.78, 5) is 2.54. The first-order valence-corrected chi connectivity index (χ1v) is 13.4. The molecule has 2 aromatic carbocycles. The Labute approximate surface area is 196 Å². The molecular weight excluding hydrogens is 439 g/mol. The van der Waals surface area contributed by atoms with Gasteiger partial charge in [0.05, 0.1) is 22.3 Å². The van der Waals surface area contributed by atoms with Crippen molar-refractivity contribution < 1.29 is 12.8 Å². The highest BCUT2D eigenvalue weighted by Gasteiger charge is 2.30. The van der Waals surface area contributed by atoms with Gasteiger partial charge in [0.2, 0.25) is 10.0 Å². The average molecular weight is 473 g/mol. The molecule has 0 amide bonds. The Kier molecular flexibility index (Phi) is 7.34. The van der Waals surface area contributed by atoms with Crippen LogP contribution in [0.3, 0.4) is 0 Å². The van der Waals surface area contributed by atoms with Crippen LogP contribution >= 0.6 is 0 Å². The molecule has 0 spiro atoms. The molecule has 0 aliphatic carbocycles. The molecule has 33 heavy (non-hydrogen) atoms. The molecule has 1 aliphatic heterocycles. The number of hydrogen-bond donors (Lipinski definition) is 0. The Morgan fingerprint density at radius 3 is 2.27 bits per heavy atom. The minimum absolute atomic E-state index is 0.279. The largest absolute Gasteiger partial charge is 0.355 e. The minimum atomic E-state index is -3.67. The van der Waals surface area contributed by atoms with E-state index in [1.807, 2.05) is 24.6 Å². The van der Waals surface area contributed by atoms with Crippen molar-refractivity contribution in [1.82, 2.24) is 14.1 Å². The predicted molar refractivity (Wildman–Crippen MR) is 131 cm³/mol. The van der Waals surface area contributed by atoms with Gasteiger partial charge in [-0.05, 0) is 61.9 Å². The van der Waals surface area contributed by atoms with E-state index in [1.165, 1.54) is 18.6 Å². The zero-order valence-corrected chi connectivity index (χ0v) is 20.3. The van der Waals surface area contributed by atoms with Crippen LogP contribution in [0.2, 0.25) is 0 Å². The van der Waals surface area contributed by atoms with E-state index in [2.05, 4.69) is 4.90 Å². The van der Waals surface area contributed by atoms with E-state index in [1.54, 1.807) is 28.6 Å². The van der Waals surface area contributed by atoms with Gasteiger partial charge in [-0.3, -0.25) is 4.68 Å². The number of hydrogen-bond acceptors (Lipinski definition) is 4. The molecule has 1 fully saturated rings. The number of piperidine rings is 1. The Balaban J connectivity index is 1.87. The summed E-state index contributed by atoms with van der Waals surface area (Å²) in [6.45, 7) is 7.17. The van der Waals surface area contributed by atoms with Gasteiger partial charge < -0.3 is 4.90 Å². The molecule has 0 unspecified atom stereocenters. The first kappa shape index (κ1) is 23.7. The van der Waals surface area contributed by atoms with Gasteiger partial charge in [-0.15, -0.1) is 0 Å². The maximum Gasteiger partial charge on any atom is 0.243 e. The third kappa shape index (κ3) is 4.92. The summed E-state index contributed by atoms with van der Waals surface area (Å²) in [5.41, 5.74) is 1.70. The number of anilines is 1. The minimum Gasteiger partial charge on any atom is -0.355 e. The number of nitrogens with zero attached hydrogens (tertiary/aromatic N) is 4. The van der Waals surface area contributed by atoms with Crippen molar-refractivity contribution in [3.05, 3.63) is 53.8 Å². The van der Waals surface area contributed by atoms with Crippen LogP contribution in [-0.2, 0) is 16.6 Å². The molecule has 4 rings (SSSR count). The third-order valence-corrected chi connectivity index (χ3v) is 8.13. The molecule has 1 aromatic heterocycles. The molecule has 6 nitrogen and oxygen atoms in total. The van der Waals surface area contributed by atoms with Crippen molar-refractivity contribution in [3.8, 4) is 0 Å². The number of benzene rings is 2. The Bertz CT molecular complexity index is 1180. The Morgan fingerprint density at radius 2 is 1.64 bits per heavy atom. The molecule has 3 aromatic rings. The number of fused-ring (bicyclic) bond motifs is 1. The van der Waals surface area contributed by atoms with Gasteiger partial charge >= 0.3 is 0 Å². The van der Waals surface area contributed by atoms with Crippen LogP contribution in [0, 0.1) is 5.82 Å². The zero-order chi connectivity index (χ0) is 23.4. The van der Waals surface area contributed by atoms with E-state index in [0.29, 0.717) is 29.9 Å². The summed E-state index contributed by atoms with van der Waals surface area (Å²) in [5, 5.41) is 5.62. The molecule has 0 atom stereocenters. The summed E-state index contributed by atoms with van der Waals surface area (Å²) in [6, 6.07) is 11.8.